The molecule has 137 heavy (non-hydrogen) atoms. The molecule has 15 N–H and O–H groups in total. The molecule has 18 rings (SSSR count). The van der Waals surface area contributed by atoms with Gasteiger partial charge < -0.3 is 117 Å². The SMILES string of the molecule is C=C(O/C(C)=C\C)c1c(C)cc(O)c2c1C(=O)c1cc(O)cc(O)c1C2=O.CC(C)=O.CC1=CC2C(C(=O)c3c(O)cc(O)cc3C2c2cc(O)cc(=O)o2)C(O)=C1.Cc1cc(=O)cc(C[C@@]2(O)C[C@@H](O)Cc3oc4cc(O)cc(C)c4c(=O)c32)o1.Cc1cc(=O)cc(C[C@]2(O)C[C@@H](O)Cc3oc4cc(O)cc(C)c4c(=O)c32)o1.Cc1cc(=O)cc(Cc2cc(O)cc3c2C(=O)C[C@@](C)(O)O3)o1. The lowest BCUT2D eigenvalue weighted by Gasteiger charge is -2.38. The highest BCUT2D eigenvalue weighted by molar-refractivity contribution is 6.31. The third kappa shape index (κ3) is 20.8. The molecule has 0 bridgehead atoms. The van der Waals surface area contributed by atoms with E-state index in [9.17, 15) is 129 Å². The number of Topliss-reactive ketones (excluding diaryl/α,β-unsaturated/α-hetero) is 3. The molecule has 0 fully saturated rings. The van der Waals surface area contributed by atoms with Crippen LogP contribution in [0.4, 0.5) is 0 Å². The first kappa shape index (κ1) is 98.7. The van der Waals surface area contributed by atoms with Crippen molar-refractivity contribution < 1.29 is 137 Å². The van der Waals surface area contributed by atoms with Crippen molar-refractivity contribution in [3.8, 4) is 57.5 Å². The van der Waals surface area contributed by atoms with E-state index in [1.54, 1.807) is 74.5 Å². The highest BCUT2D eigenvalue weighted by atomic mass is 16.6. The van der Waals surface area contributed by atoms with Crippen molar-refractivity contribution in [2.75, 3.05) is 0 Å². The molecule has 6 aromatic carbocycles. The molecule has 8 atom stereocenters. The zero-order chi connectivity index (χ0) is 100. The van der Waals surface area contributed by atoms with Crippen LogP contribution >= 0.6 is 0 Å². The largest absolute Gasteiger partial charge is 0.512 e. The third-order valence-corrected chi connectivity index (χ3v) is 23.3. The van der Waals surface area contributed by atoms with Gasteiger partial charge >= 0.3 is 5.63 Å². The number of aliphatic hydroxyl groups is 6. The minimum absolute atomic E-state index is 0.0405. The summed E-state index contributed by atoms with van der Waals surface area (Å²) in [5, 5.41) is 154. The van der Waals surface area contributed by atoms with E-state index in [2.05, 4.69) is 6.58 Å². The Morgan fingerprint density at radius 1 is 0.496 bits per heavy atom. The number of ketones is 5. The number of ether oxygens (including phenoxy) is 2. The lowest BCUT2D eigenvalue weighted by atomic mass is 9.64. The van der Waals surface area contributed by atoms with Crippen molar-refractivity contribution in [3.63, 3.8) is 0 Å². The molecule has 5 aliphatic carbocycles. The van der Waals surface area contributed by atoms with Crippen LogP contribution < -0.4 is 37.5 Å². The number of aryl methyl sites for hydroxylation is 6. The first-order valence-electron chi connectivity index (χ1n) is 42.8. The summed E-state index contributed by atoms with van der Waals surface area (Å²) in [6.07, 6.45) is 2.69. The van der Waals surface area contributed by atoms with Crippen LogP contribution in [0.15, 0.2) is 212 Å². The molecule has 6 aliphatic rings. The quantitative estimate of drug-likeness (QED) is 0.0565. The van der Waals surface area contributed by atoms with Crippen molar-refractivity contribution in [1.29, 1.82) is 0 Å². The average molecular weight is 1880 g/mol. The number of carbonyl (C=O) groups is 5. The summed E-state index contributed by atoms with van der Waals surface area (Å²) in [6, 6.07) is 24.1. The van der Waals surface area contributed by atoms with Crippen molar-refractivity contribution in [2.45, 2.75) is 170 Å². The number of benzene rings is 6. The summed E-state index contributed by atoms with van der Waals surface area (Å²) in [6.45, 7) is 23.4. The number of hydrogen-bond donors (Lipinski definition) is 15. The predicted molar refractivity (Wildman–Crippen MR) is 491 cm³/mol. The summed E-state index contributed by atoms with van der Waals surface area (Å²) >= 11 is 0. The molecule has 0 radical (unpaired) electrons. The van der Waals surface area contributed by atoms with Crippen LogP contribution in [0.25, 0.3) is 27.7 Å². The maximum atomic E-state index is 13.3. The number of phenols is 8. The first-order chi connectivity index (χ1) is 64.2. The Labute approximate surface area is 776 Å². The van der Waals surface area contributed by atoms with E-state index in [1.165, 1.54) is 118 Å². The van der Waals surface area contributed by atoms with E-state index in [1.807, 2.05) is 0 Å². The Hall–Kier alpha value is -15.8. The summed E-state index contributed by atoms with van der Waals surface area (Å²) in [5.41, 5.74) is -2.55. The van der Waals surface area contributed by atoms with Crippen molar-refractivity contribution in [1.82, 2.24) is 0 Å². The molecule has 0 saturated heterocycles. The zero-order valence-corrected chi connectivity index (χ0v) is 75.9. The molecule has 7 heterocycles. The fourth-order valence-corrected chi connectivity index (χ4v) is 18.3. The molecule has 712 valence electrons. The van der Waals surface area contributed by atoms with Gasteiger partial charge in [0, 0.05) is 147 Å². The van der Waals surface area contributed by atoms with E-state index in [4.69, 9.17) is 36.0 Å². The van der Waals surface area contributed by atoms with Gasteiger partial charge in [0.2, 0.25) is 11.6 Å². The Morgan fingerprint density at radius 3 is 1.47 bits per heavy atom. The fourth-order valence-electron chi connectivity index (χ4n) is 18.3. The molecule has 6 aromatic heterocycles. The molecule has 3 unspecified atom stereocenters. The van der Waals surface area contributed by atoms with Crippen LogP contribution in [-0.2, 0) is 52.8 Å². The van der Waals surface area contributed by atoms with Crippen LogP contribution in [0.5, 0.6) is 57.5 Å². The number of phenolic OH excluding ortho intramolecular Hbond substituents is 8. The van der Waals surface area contributed by atoms with Gasteiger partial charge in [0.05, 0.1) is 86.4 Å². The van der Waals surface area contributed by atoms with Gasteiger partial charge in [-0.3, -0.25) is 43.2 Å². The van der Waals surface area contributed by atoms with E-state index in [0.29, 0.717) is 62.2 Å². The summed E-state index contributed by atoms with van der Waals surface area (Å²) in [5.74, 6) is -5.28. The second kappa shape index (κ2) is 38.3. The molecule has 34 nitrogen and oxygen atoms in total. The number of allylic oxidation sites excluding steroid dienone is 6. The van der Waals surface area contributed by atoms with Gasteiger partial charge in [0.1, 0.15) is 149 Å². The molecular formula is C103H96O34. The normalized spacial score (nSPS) is 19.7. The number of aliphatic hydroxyl groups excluding tert-OH is 3. The summed E-state index contributed by atoms with van der Waals surface area (Å²) < 4.78 is 44.4. The lowest BCUT2D eigenvalue weighted by molar-refractivity contribution is -0.123. The number of hydrogen-bond acceptors (Lipinski definition) is 34. The van der Waals surface area contributed by atoms with E-state index in [0.717, 1.165) is 24.3 Å². The van der Waals surface area contributed by atoms with E-state index < -0.39 is 92.3 Å². The zero-order valence-electron chi connectivity index (χ0n) is 75.9. The minimum atomic E-state index is -1.75. The second-order valence-corrected chi connectivity index (χ2v) is 35.0. The second-order valence-electron chi connectivity index (χ2n) is 35.0. The Kier molecular flexibility index (Phi) is 27.6. The summed E-state index contributed by atoms with van der Waals surface area (Å²) in [7, 11) is 0. The molecule has 0 amide bonds. The van der Waals surface area contributed by atoms with Crippen LogP contribution in [0.1, 0.15) is 216 Å². The van der Waals surface area contributed by atoms with Gasteiger partial charge in [-0.25, -0.2) is 4.79 Å². The van der Waals surface area contributed by atoms with E-state index >= 15 is 0 Å². The van der Waals surface area contributed by atoms with Gasteiger partial charge in [-0.1, -0.05) is 18.2 Å². The first-order valence-corrected chi connectivity index (χ1v) is 42.8. The number of rotatable bonds is 10. The van der Waals surface area contributed by atoms with Crippen LogP contribution in [0.3, 0.4) is 0 Å². The molecular weight excluding hydrogens is 1780 g/mol. The van der Waals surface area contributed by atoms with Crippen LogP contribution in [-0.4, -0.2) is 124 Å². The van der Waals surface area contributed by atoms with E-state index in [-0.39, 0.29) is 238 Å². The lowest BCUT2D eigenvalue weighted by Crippen LogP contribution is -2.43. The minimum Gasteiger partial charge on any atom is -0.512 e. The van der Waals surface area contributed by atoms with Crippen molar-refractivity contribution in [2.24, 2.45) is 11.8 Å². The van der Waals surface area contributed by atoms with Crippen molar-refractivity contribution >= 4 is 56.6 Å². The highest BCUT2D eigenvalue weighted by Gasteiger charge is 2.50. The molecule has 0 spiro atoms. The number of aromatic hydroxyl groups is 9. The van der Waals surface area contributed by atoms with Gasteiger partial charge in [0.25, 0.3) is 0 Å². The smallest absolute Gasteiger partial charge is 0.339 e. The van der Waals surface area contributed by atoms with Gasteiger partial charge in [-0.2, -0.15) is 0 Å². The molecule has 12 aromatic rings. The molecule has 1 aliphatic heterocycles. The van der Waals surface area contributed by atoms with Gasteiger partial charge in [-0.15, -0.1) is 0 Å². The summed E-state index contributed by atoms with van der Waals surface area (Å²) in [4.78, 5) is 134. The standard InChI is InChI=1S/2C21H20O7.C21H18O6.C20H16O7.C17H16O6.C3H6O/c2*1-10-3-12(22)6-16-18(10)20(25)19-17(28-16)7-14(24)8-21(19,26)9-15-5-13(23)4-11(2)27-15;1-5-10(3)27-11(4)16-9(2)6-14(23)18-19(16)20(25)13-7-12(22)8-15(24)17(13)21(18)26;1-8-2-11-17(15-6-10(22)7-16(25)27-15)12-4-9(21)5-14(24)19(12)20(26)18(11)13(23)3-8;1-9-3-11(18)6-13(22-9)5-10-4-12(19)7-15-16(10)14(20)8-17(2,21)23-15;1-3(2)4/h2*3-6,14,22,24,26H,7-9H2,1-2H3;5-8,22-24H,4H2,1-3H3;2-7,11,17-18,21-24H,1H3;3-4,6-7,19,21H,5,8H2,1-2H3;1-2H3/b;;10-5-;;;/t14-,21+;14-,21-;;;17-;/m00..0./s1. The van der Waals surface area contributed by atoms with Gasteiger partial charge in [-0.05, 0) is 153 Å². The number of fused-ring (bicyclic) bond motifs is 9. The van der Waals surface area contributed by atoms with Crippen LogP contribution in [0.2, 0.25) is 0 Å². The number of carbonyl (C=O) groups excluding carboxylic acids is 5. The van der Waals surface area contributed by atoms with Gasteiger partial charge in [0.15, 0.2) is 44.5 Å². The Morgan fingerprint density at radius 2 is 0.964 bits per heavy atom. The Bertz CT molecular complexity index is 7350. The maximum absolute atomic E-state index is 13.3. The van der Waals surface area contributed by atoms with Crippen LogP contribution in [0, 0.1) is 53.4 Å². The fraction of sp³-hybridized carbons (Fsp3) is 0.272. The monoisotopic (exact) mass is 1880 g/mol. The average Bonchev–Trinajstić information content (AvgIpc) is 0.742. The predicted octanol–water partition coefficient (Wildman–Crippen LogP) is 12.6. The topological polar surface area (TPSA) is 589 Å². The molecule has 0 saturated carbocycles. The molecule has 34 heteroatoms. The maximum Gasteiger partial charge on any atom is 0.339 e. The van der Waals surface area contributed by atoms with Crippen molar-refractivity contribution in [3.05, 3.63) is 348 Å². The Balaban J connectivity index is 0.000000143. The third-order valence-electron chi connectivity index (χ3n) is 23.3. The highest BCUT2D eigenvalue weighted by Crippen LogP contribution is 2.53.